The van der Waals surface area contributed by atoms with Gasteiger partial charge in [0, 0.05) is 24.9 Å². The molecule has 1 saturated heterocycles. The molecule has 0 bridgehead atoms. The van der Waals surface area contributed by atoms with E-state index in [-0.39, 0.29) is 11.8 Å². The van der Waals surface area contributed by atoms with E-state index in [1.54, 1.807) is 7.11 Å². The van der Waals surface area contributed by atoms with Crippen LogP contribution in [0.4, 0.5) is 0 Å². The number of amides is 1. The lowest BCUT2D eigenvalue weighted by Gasteiger charge is -2.31. The third-order valence-electron chi connectivity index (χ3n) is 5.32. The number of ether oxygens (including phenoxy) is 1. The van der Waals surface area contributed by atoms with Gasteiger partial charge in [0.05, 0.1) is 12.7 Å². The molecule has 1 aliphatic carbocycles. The second kappa shape index (κ2) is 6.86. The molecule has 6 heteroatoms. The van der Waals surface area contributed by atoms with Crippen LogP contribution in [0.2, 0.25) is 0 Å². The van der Waals surface area contributed by atoms with Gasteiger partial charge in [-0.15, -0.1) is 0 Å². The molecular formula is C19H23N3O3. The van der Waals surface area contributed by atoms with Crippen molar-refractivity contribution in [1.29, 1.82) is 0 Å². The average Bonchev–Trinajstić information content (AvgIpc) is 3.29. The van der Waals surface area contributed by atoms with Gasteiger partial charge in [-0.05, 0) is 25.0 Å². The first-order chi connectivity index (χ1) is 12.3. The number of nitrogens with zero attached hydrogens (tertiary/aromatic N) is 3. The summed E-state index contributed by atoms with van der Waals surface area (Å²) in [4.78, 5) is 19.0. The van der Waals surface area contributed by atoms with E-state index in [0.717, 1.165) is 18.4 Å². The summed E-state index contributed by atoms with van der Waals surface area (Å²) in [6, 6.07) is 7.96. The summed E-state index contributed by atoms with van der Waals surface area (Å²) in [5.41, 5.74) is 0.775. The zero-order valence-corrected chi connectivity index (χ0v) is 14.5. The van der Waals surface area contributed by atoms with Crippen LogP contribution in [0.15, 0.2) is 28.8 Å². The van der Waals surface area contributed by atoms with Crippen molar-refractivity contribution in [2.75, 3.05) is 13.7 Å². The first kappa shape index (κ1) is 16.1. The van der Waals surface area contributed by atoms with Gasteiger partial charge >= 0.3 is 0 Å². The van der Waals surface area contributed by atoms with Crippen molar-refractivity contribution in [3.63, 3.8) is 0 Å². The minimum absolute atomic E-state index is 0.0154. The molecule has 2 aromatic rings. The maximum atomic E-state index is 12.5. The number of carbonyl (C=O) groups is 1. The van der Waals surface area contributed by atoms with Crippen LogP contribution < -0.4 is 4.74 Å². The van der Waals surface area contributed by atoms with Crippen LogP contribution in [0.5, 0.6) is 5.75 Å². The Bertz CT molecular complexity index is 752. The van der Waals surface area contributed by atoms with Crippen LogP contribution in [0.3, 0.4) is 0 Å². The number of hydrogen-bond donors (Lipinski definition) is 0. The molecule has 132 valence electrons. The molecule has 1 atom stereocenters. The lowest BCUT2D eigenvalue weighted by Crippen LogP contribution is -2.37. The zero-order valence-electron chi connectivity index (χ0n) is 14.5. The summed E-state index contributed by atoms with van der Waals surface area (Å²) >= 11 is 0. The molecule has 0 spiro atoms. The number of hydrogen-bond acceptors (Lipinski definition) is 5. The van der Waals surface area contributed by atoms with Gasteiger partial charge in [-0.1, -0.05) is 36.6 Å². The Hall–Kier alpha value is -2.37. The van der Waals surface area contributed by atoms with Crippen molar-refractivity contribution >= 4 is 5.91 Å². The number of methoxy groups -OCH3 is 1. The lowest BCUT2D eigenvalue weighted by molar-refractivity contribution is -0.130. The minimum Gasteiger partial charge on any atom is -0.496 e. The van der Waals surface area contributed by atoms with Gasteiger partial charge in [-0.3, -0.25) is 4.79 Å². The van der Waals surface area contributed by atoms with E-state index < -0.39 is 0 Å². The van der Waals surface area contributed by atoms with E-state index in [1.807, 2.05) is 29.2 Å². The largest absolute Gasteiger partial charge is 0.496 e. The molecular weight excluding hydrogens is 318 g/mol. The average molecular weight is 341 g/mol. The highest BCUT2D eigenvalue weighted by Crippen LogP contribution is 2.34. The summed E-state index contributed by atoms with van der Waals surface area (Å²) in [5.74, 6) is 2.00. The number of aromatic nitrogens is 2. The van der Waals surface area contributed by atoms with Crippen LogP contribution in [-0.2, 0) is 4.79 Å². The van der Waals surface area contributed by atoms with Crippen LogP contribution in [0, 0.1) is 0 Å². The number of carbonyl (C=O) groups excluding carboxylic acids is 1. The normalized spacial score (nSPS) is 21.7. The van der Waals surface area contributed by atoms with Crippen molar-refractivity contribution in [2.45, 2.75) is 50.5 Å². The molecule has 0 radical (unpaired) electrons. The van der Waals surface area contributed by atoms with Gasteiger partial charge < -0.3 is 14.2 Å². The molecule has 2 fully saturated rings. The SMILES string of the molecule is COc1ccccc1-c1nc(C2CC(=O)N(C3CCCCC3)C2)no1. The quantitative estimate of drug-likeness (QED) is 0.852. The van der Waals surface area contributed by atoms with Crippen molar-refractivity contribution < 1.29 is 14.1 Å². The maximum absolute atomic E-state index is 12.5. The van der Waals surface area contributed by atoms with Gasteiger partial charge in [-0.2, -0.15) is 4.98 Å². The van der Waals surface area contributed by atoms with Gasteiger partial charge in [0.1, 0.15) is 5.75 Å². The Balaban J connectivity index is 1.52. The third kappa shape index (κ3) is 3.13. The van der Waals surface area contributed by atoms with Crippen LogP contribution in [0.1, 0.15) is 50.3 Å². The highest BCUT2D eigenvalue weighted by atomic mass is 16.5. The molecule has 4 rings (SSSR count). The summed E-state index contributed by atoms with van der Waals surface area (Å²) in [5, 5.41) is 4.14. The molecule has 2 heterocycles. The molecule has 0 N–H and O–H groups in total. The Morgan fingerprint density at radius 2 is 2.00 bits per heavy atom. The summed E-state index contributed by atoms with van der Waals surface area (Å²) in [6.45, 7) is 0.703. The fraction of sp³-hybridized carbons (Fsp3) is 0.526. The van der Waals surface area contributed by atoms with Crippen LogP contribution >= 0.6 is 0 Å². The van der Waals surface area contributed by atoms with Crippen LogP contribution in [-0.4, -0.2) is 40.6 Å². The van der Waals surface area contributed by atoms with E-state index in [1.165, 1.54) is 19.3 Å². The first-order valence-electron chi connectivity index (χ1n) is 9.02. The fourth-order valence-electron chi connectivity index (χ4n) is 3.98. The Labute approximate surface area is 147 Å². The molecule has 1 saturated carbocycles. The second-order valence-corrected chi connectivity index (χ2v) is 6.90. The topological polar surface area (TPSA) is 68.5 Å². The number of likely N-dealkylation sites (tertiary alicyclic amines) is 1. The molecule has 1 aliphatic heterocycles. The van der Waals surface area contributed by atoms with Crippen molar-refractivity contribution in [3.05, 3.63) is 30.1 Å². The summed E-state index contributed by atoms with van der Waals surface area (Å²) in [7, 11) is 1.62. The molecule has 25 heavy (non-hydrogen) atoms. The predicted molar refractivity (Wildman–Crippen MR) is 92.2 cm³/mol. The lowest BCUT2D eigenvalue weighted by atomic mass is 9.94. The van der Waals surface area contributed by atoms with Gasteiger partial charge in [0.15, 0.2) is 5.82 Å². The predicted octanol–water partition coefficient (Wildman–Crippen LogP) is 3.39. The van der Waals surface area contributed by atoms with E-state index >= 15 is 0 Å². The number of benzene rings is 1. The van der Waals surface area contributed by atoms with Crippen molar-refractivity contribution in [3.8, 4) is 17.2 Å². The fourth-order valence-corrected chi connectivity index (χ4v) is 3.98. The highest BCUT2D eigenvalue weighted by Gasteiger charge is 2.37. The molecule has 2 aliphatic rings. The second-order valence-electron chi connectivity index (χ2n) is 6.90. The van der Waals surface area contributed by atoms with Gasteiger partial charge in [0.25, 0.3) is 5.89 Å². The number of rotatable bonds is 4. The maximum Gasteiger partial charge on any atom is 0.261 e. The molecule has 1 aromatic carbocycles. The van der Waals surface area contributed by atoms with Gasteiger partial charge in [-0.25, -0.2) is 0 Å². The first-order valence-corrected chi connectivity index (χ1v) is 9.02. The highest BCUT2D eigenvalue weighted by molar-refractivity contribution is 5.80. The minimum atomic E-state index is 0.0154. The van der Waals surface area contributed by atoms with E-state index in [9.17, 15) is 4.79 Å². The Kier molecular flexibility index (Phi) is 4.42. The van der Waals surface area contributed by atoms with Crippen LogP contribution in [0.25, 0.3) is 11.5 Å². The van der Waals surface area contributed by atoms with E-state index in [0.29, 0.717) is 36.5 Å². The molecule has 1 aromatic heterocycles. The third-order valence-corrected chi connectivity index (χ3v) is 5.32. The van der Waals surface area contributed by atoms with E-state index in [2.05, 4.69) is 10.1 Å². The van der Waals surface area contributed by atoms with E-state index in [4.69, 9.17) is 9.26 Å². The molecule has 1 unspecified atom stereocenters. The smallest absolute Gasteiger partial charge is 0.261 e. The Morgan fingerprint density at radius 3 is 2.80 bits per heavy atom. The molecule has 6 nitrogen and oxygen atoms in total. The van der Waals surface area contributed by atoms with Crippen molar-refractivity contribution in [1.82, 2.24) is 15.0 Å². The zero-order chi connectivity index (χ0) is 17.2. The summed E-state index contributed by atoms with van der Waals surface area (Å²) in [6.07, 6.45) is 6.45. The monoisotopic (exact) mass is 341 g/mol. The van der Waals surface area contributed by atoms with Gasteiger partial charge in [0.2, 0.25) is 5.91 Å². The molecule has 1 amide bonds. The number of para-hydroxylation sites is 1. The summed E-state index contributed by atoms with van der Waals surface area (Å²) < 4.78 is 10.8. The standard InChI is InChI=1S/C19H23N3O3/c1-24-16-10-6-5-9-15(16)19-20-18(21-25-19)13-11-17(23)22(12-13)14-7-3-2-4-8-14/h5-6,9-10,13-14H,2-4,7-8,11-12H2,1H3. The van der Waals surface area contributed by atoms with Crippen molar-refractivity contribution in [2.24, 2.45) is 0 Å². The Morgan fingerprint density at radius 1 is 1.20 bits per heavy atom.